The van der Waals surface area contributed by atoms with Gasteiger partial charge in [0.25, 0.3) is 0 Å². The smallest absolute Gasteiger partial charge is 0.410 e. The molecule has 5 rings (SSSR count). The minimum absolute atomic E-state index is 0.116. The number of aryl methyl sites for hydroxylation is 1. The fourth-order valence-electron chi connectivity index (χ4n) is 4.30. The van der Waals surface area contributed by atoms with E-state index in [1.807, 2.05) is 80.9 Å². The van der Waals surface area contributed by atoms with Gasteiger partial charge in [0.15, 0.2) is 6.79 Å². The predicted molar refractivity (Wildman–Crippen MR) is 139 cm³/mol. The van der Waals surface area contributed by atoms with Gasteiger partial charge in [0.2, 0.25) is 0 Å². The van der Waals surface area contributed by atoms with E-state index < -0.39 is 5.60 Å². The van der Waals surface area contributed by atoms with E-state index in [2.05, 4.69) is 21.4 Å². The Morgan fingerprint density at radius 3 is 2.51 bits per heavy atom. The van der Waals surface area contributed by atoms with Gasteiger partial charge < -0.3 is 19.1 Å². The van der Waals surface area contributed by atoms with Gasteiger partial charge in [0, 0.05) is 37.9 Å². The van der Waals surface area contributed by atoms with E-state index in [1.165, 1.54) is 0 Å². The Morgan fingerprint density at radius 1 is 1.03 bits per heavy atom. The van der Waals surface area contributed by atoms with Crippen molar-refractivity contribution in [2.75, 3.05) is 27.0 Å². The maximum atomic E-state index is 12.2. The quantitative estimate of drug-likeness (QED) is 0.340. The van der Waals surface area contributed by atoms with Crippen LogP contribution >= 0.6 is 0 Å². The zero-order valence-electron chi connectivity index (χ0n) is 21.8. The van der Waals surface area contributed by atoms with Crippen molar-refractivity contribution in [2.24, 2.45) is 0 Å². The van der Waals surface area contributed by atoms with Gasteiger partial charge in [-0.2, -0.15) is 15.3 Å². The van der Waals surface area contributed by atoms with Crippen molar-refractivity contribution in [3.63, 3.8) is 0 Å². The molecule has 0 atom stereocenters. The fraction of sp³-hybridized carbons (Fsp3) is 0.357. The molecule has 9 heteroatoms. The van der Waals surface area contributed by atoms with Crippen molar-refractivity contribution < 1.29 is 19.0 Å². The number of likely N-dealkylation sites (tertiary alicyclic amines) is 1. The second kappa shape index (κ2) is 9.82. The largest absolute Gasteiger partial charge is 0.467 e. The number of rotatable bonds is 6. The number of nitrogens with zero attached hydrogens (tertiary/aromatic N) is 5. The number of amides is 1. The lowest BCUT2D eigenvalue weighted by molar-refractivity contribution is 0.00780. The molecule has 1 aromatic carbocycles. The van der Waals surface area contributed by atoms with E-state index in [0.29, 0.717) is 24.5 Å². The van der Waals surface area contributed by atoms with Crippen LogP contribution in [0.15, 0.2) is 54.7 Å². The van der Waals surface area contributed by atoms with E-state index in [-0.39, 0.29) is 18.8 Å². The summed E-state index contributed by atoms with van der Waals surface area (Å²) in [7, 11) is 1.59. The van der Waals surface area contributed by atoms with Crippen LogP contribution in [-0.4, -0.2) is 63.4 Å². The lowest BCUT2D eigenvalue weighted by Crippen LogP contribution is -2.50. The molecule has 4 aromatic rings. The normalized spacial score (nSPS) is 14.0. The highest BCUT2D eigenvalue weighted by molar-refractivity contribution is 5.76. The molecule has 1 amide bonds. The molecule has 0 bridgehead atoms. The van der Waals surface area contributed by atoms with Crippen LogP contribution in [0.4, 0.5) is 4.79 Å². The molecular formula is C28H31N5O4. The summed E-state index contributed by atoms with van der Waals surface area (Å²) >= 11 is 0. The van der Waals surface area contributed by atoms with E-state index >= 15 is 0 Å². The van der Waals surface area contributed by atoms with Gasteiger partial charge in [-0.25, -0.2) is 9.31 Å². The summed E-state index contributed by atoms with van der Waals surface area (Å²) in [6.07, 6.45) is 1.66. The summed E-state index contributed by atoms with van der Waals surface area (Å²) in [5.74, 6) is 0.800. The number of fused-ring (bicyclic) bond motifs is 1. The maximum absolute atomic E-state index is 12.2. The van der Waals surface area contributed by atoms with Crippen molar-refractivity contribution in [1.82, 2.24) is 24.7 Å². The van der Waals surface area contributed by atoms with E-state index in [9.17, 15) is 4.79 Å². The first-order valence-corrected chi connectivity index (χ1v) is 12.2. The average Bonchev–Trinajstić information content (AvgIpc) is 3.20. The molecule has 1 fully saturated rings. The summed E-state index contributed by atoms with van der Waals surface area (Å²) < 4.78 is 18.4. The van der Waals surface area contributed by atoms with Gasteiger partial charge in [-0.1, -0.05) is 6.07 Å². The molecule has 0 aliphatic carbocycles. The van der Waals surface area contributed by atoms with Crippen LogP contribution in [0.1, 0.15) is 38.1 Å². The van der Waals surface area contributed by atoms with E-state index in [1.54, 1.807) is 12.0 Å². The van der Waals surface area contributed by atoms with Crippen LogP contribution in [-0.2, 0) is 9.47 Å². The van der Waals surface area contributed by atoms with Gasteiger partial charge in [-0.15, -0.1) is 0 Å². The van der Waals surface area contributed by atoms with Crippen molar-refractivity contribution >= 4 is 11.6 Å². The second-order valence-corrected chi connectivity index (χ2v) is 10.3. The summed E-state index contributed by atoms with van der Waals surface area (Å²) in [6.45, 7) is 8.83. The van der Waals surface area contributed by atoms with E-state index in [4.69, 9.17) is 14.2 Å². The van der Waals surface area contributed by atoms with Crippen molar-refractivity contribution in [3.8, 4) is 28.1 Å². The van der Waals surface area contributed by atoms with Gasteiger partial charge in [-0.05, 0) is 81.3 Å². The Kier molecular flexibility index (Phi) is 6.55. The molecule has 0 unspecified atom stereocenters. The number of benzene rings is 1. The highest BCUT2D eigenvalue weighted by Crippen LogP contribution is 2.35. The van der Waals surface area contributed by atoms with Crippen LogP contribution in [0.3, 0.4) is 0 Å². The molecular weight excluding hydrogens is 470 g/mol. The Hall–Kier alpha value is -3.98. The molecule has 4 heterocycles. The Bertz CT molecular complexity index is 1420. The molecule has 0 N–H and O–H groups in total. The number of aromatic nitrogens is 4. The fourth-order valence-corrected chi connectivity index (χ4v) is 4.30. The SMILES string of the molecule is COCOc1cc(-c2ccn3nc(C)cc3c2)ccc1-c1ccc(C2CN(C(=O)OC(C)(C)C)C2)nn1. The molecule has 37 heavy (non-hydrogen) atoms. The third-order valence-electron chi connectivity index (χ3n) is 6.15. The minimum Gasteiger partial charge on any atom is -0.467 e. The van der Waals surface area contributed by atoms with Crippen LogP contribution < -0.4 is 4.74 Å². The number of hydrogen-bond donors (Lipinski definition) is 0. The number of ether oxygens (including phenoxy) is 3. The standard InChI is InChI=1S/C28H31N5O4/c1-18-12-22-13-20(10-11-33(22)31-18)19-6-7-23(26(14-19)36-17-35-5)25-9-8-24(29-30-25)21-15-32(16-21)27(34)37-28(2,3)4/h6-14,21H,15-17H2,1-5H3. The lowest BCUT2D eigenvalue weighted by Gasteiger charge is -2.39. The first kappa shape index (κ1) is 24.7. The highest BCUT2D eigenvalue weighted by atomic mass is 16.7. The highest BCUT2D eigenvalue weighted by Gasteiger charge is 2.35. The van der Waals surface area contributed by atoms with Crippen LogP contribution in [0.25, 0.3) is 27.9 Å². The molecule has 0 spiro atoms. The van der Waals surface area contributed by atoms with E-state index in [0.717, 1.165) is 33.6 Å². The Labute approximate surface area is 216 Å². The van der Waals surface area contributed by atoms with Gasteiger partial charge in [0.05, 0.1) is 22.6 Å². The topological polar surface area (TPSA) is 91.1 Å². The third-order valence-corrected chi connectivity index (χ3v) is 6.15. The molecule has 1 saturated heterocycles. The number of methoxy groups -OCH3 is 1. The minimum atomic E-state index is -0.507. The molecule has 0 radical (unpaired) electrons. The summed E-state index contributed by atoms with van der Waals surface area (Å²) in [5, 5.41) is 13.4. The summed E-state index contributed by atoms with van der Waals surface area (Å²) in [5.41, 5.74) is 5.94. The van der Waals surface area contributed by atoms with Crippen molar-refractivity contribution in [3.05, 3.63) is 66.1 Å². The van der Waals surface area contributed by atoms with Crippen LogP contribution in [0.5, 0.6) is 5.75 Å². The average molecular weight is 502 g/mol. The van der Waals surface area contributed by atoms with Crippen molar-refractivity contribution in [2.45, 2.75) is 39.2 Å². The molecule has 0 saturated carbocycles. The third kappa shape index (κ3) is 5.41. The zero-order chi connectivity index (χ0) is 26.2. The monoisotopic (exact) mass is 501 g/mol. The van der Waals surface area contributed by atoms with Gasteiger partial charge in [-0.3, -0.25) is 0 Å². The van der Waals surface area contributed by atoms with Crippen LogP contribution in [0.2, 0.25) is 0 Å². The Morgan fingerprint density at radius 2 is 1.81 bits per heavy atom. The molecule has 1 aliphatic rings. The summed E-state index contributed by atoms with van der Waals surface area (Å²) in [6, 6.07) is 16.1. The number of carbonyl (C=O) groups excluding carboxylic acids is 1. The molecule has 192 valence electrons. The number of pyridine rings is 1. The van der Waals surface area contributed by atoms with Crippen molar-refractivity contribution in [1.29, 1.82) is 0 Å². The van der Waals surface area contributed by atoms with Crippen LogP contribution in [0, 0.1) is 6.92 Å². The van der Waals surface area contributed by atoms with Gasteiger partial charge >= 0.3 is 6.09 Å². The zero-order valence-corrected chi connectivity index (χ0v) is 21.8. The number of hydrogen-bond acceptors (Lipinski definition) is 7. The second-order valence-electron chi connectivity index (χ2n) is 10.3. The maximum Gasteiger partial charge on any atom is 0.410 e. The van der Waals surface area contributed by atoms with Gasteiger partial charge in [0.1, 0.15) is 11.4 Å². The molecule has 9 nitrogen and oxygen atoms in total. The first-order chi connectivity index (χ1) is 17.7. The first-order valence-electron chi connectivity index (χ1n) is 12.2. The Balaban J connectivity index is 1.34. The lowest BCUT2D eigenvalue weighted by atomic mass is 9.96. The molecule has 3 aromatic heterocycles. The molecule has 1 aliphatic heterocycles. The predicted octanol–water partition coefficient (Wildman–Crippen LogP) is 5.08. The number of carbonyl (C=O) groups is 1. The summed E-state index contributed by atoms with van der Waals surface area (Å²) in [4.78, 5) is 13.9.